The lowest BCUT2D eigenvalue weighted by atomic mass is 9.81. The normalized spacial score (nSPS) is 19.3. The van der Waals surface area contributed by atoms with Gasteiger partial charge < -0.3 is 14.8 Å². The Hall–Kier alpha value is -4.06. The first-order valence-corrected chi connectivity index (χ1v) is 11.8. The van der Waals surface area contributed by atoms with Crippen LogP contribution in [0.5, 0.6) is 11.5 Å². The first kappa shape index (κ1) is 22.7. The van der Waals surface area contributed by atoms with Crippen LogP contribution in [0.1, 0.15) is 31.4 Å². The van der Waals surface area contributed by atoms with E-state index in [-0.39, 0.29) is 24.2 Å². The molecule has 5 rings (SSSR count). The maximum atomic E-state index is 13.9. The van der Waals surface area contributed by atoms with Gasteiger partial charge in [0.25, 0.3) is 5.91 Å². The van der Waals surface area contributed by atoms with E-state index in [1.54, 1.807) is 12.0 Å². The molecular formula is C29H28N2O4. The van der Waals surface area contributed by atoms with Crippen LogP contribution in [0, 0.1) is 5.92 Å². The van der Waals surface area contributed by atoms with E-state index in [0.29, 0.717) is 29.2 Å². The third-order valence-corrected chi connectivity index (χ3v) is 6.50. The van der Waals surface area contributed by atoms with Crippen molar-refractivity contribution in [2.45, 2.75) is 25.8 Å². The van der Waals surface area contributed by atoms with Crippen molar-refractivity contribution in [2.75, 3.05) is 23.9 Å². The van der Waals surface area contributed by atoms with Crippen molar-refractivity contribution in [1.29, 1.82) is 0 Å². The number of benzene rings is 3. The van der Waals surface area contributed by atoms with Crippen LogP contribution in [0.4, 0.5) is 11.4 Å². The van der Waals surface area contributed by atoms with E-state index in [4.69, 9.17) is 9.47 Å². The molecule has 2 aliphatic rings. The van der Waals surface area contributed by atoms with Gasteiger partial charge in [0.1, 0.15) is 11.5 Å². The fraction of sp³-hybridized carbons (Fsp3) is 0.241. The van der Waals surface area contributed by atoms with Gasteiger partial charge in [-0.1, -0.05) is 49.4 Å². The molecule has 3 aromatic rings. The van der Waals surface area contributed by atoms with Crippen molar-refractivity contribution in [3.8, 4) is 11.5 Å². The highest BCUT2D eigenvalue weighted by molar-refractivity contribution is 6.06. The highest BCUT2D eigenvalue weighted by Crippen LogP contribution is 2.45. The molecule has 1 amide bonds. The van der Waals surface area contributed by atoms with Crippen molar-refractivity contribution in [1.82, 2.24) is 0 Å². The maximum Gasteiger partial charge on any atom is 0.265 e. The highest BCUT2D eigenvalue weighted by Gasteiger charge is 2.40. The van der Waals surface area contributed by atoms with Gasteiger partial charge in [-0.05, 0) is 54.3 Å². The van der Waals surface area contributed by atoms with Gasteiger partial charge in [0.2, 0.25) is 0 Å². The molecule has 3 aromatic carbocycles. The van der Waals surface area contributed by atoms with Gasteiger partial charge in [0.05, 0.1) is 24.5 Å². The molecule has 0 bridgehead atoms. The number of nitrogens with one attached hydrogen (secondary N) is 1. The topological polar surface area (TPSA) is 67.9 Å². The summed E-state index contributed by atoms with van der Waals surface area (Å²) in [6, 6.07) is 23.9. The number of fused-ring (bicyclic) bond motifs is 1. The number of rotatable bonds is 5. The zero-order valence-electron chi connectivity index (χ0n) is 19.9. The van der Waals surface area contributed by atoms with Crippen LogP contribution in [0.3, 0.4) is 0 Å². The van der Waals surface area contributed by atoms with Gasteiger partial charge in [-0.2, -0.15) is 0 Å². The molecule has 35 heavy (non-hydrogen) atoms. The smallest absolute Gasteiger partial charge is 0.265 e. The third-order valence-electron chi connectivity index (χ3n) is 6.50. The second-order valence-corrected chi connectivity index (χ2v) is 9.01. The van der Waals surface area contributed by atoms with E-state index >= 15 is 0 Å². The fourth-order valence-corrected chi connectivity index (χ4v) is 4.89. The number of ketones is 1. The number of anilines is 2. The van der Waals surface area contributed by atoms with Gasteiger partial charge in [-0.3, -0.25) is 14.5 Å². The minimum absolute atomic E-state index is 0.0571. The van der Waals surface area contributed by atoms with Gasteiger partial charge >= 0.3 is 0 Å². The average molecular weight is 469 g/mol. The van der Waals surface area contributed by atoms with Crippen LogP contribution >= 0.6 is 0 Å². The molecule has 1 N–H and O–H groups in total. The lowest BCUT2D eigenvalue weighted by Gasteiger charge is -2.34. The summed E-state index contributed by atoms with van der Waals surface area (Å²) in [5.41, 5.74) is 3.86. The van der Waals surface area contributed by atoms with Crippen molar-refractivity contribution >= 4 is 23.1 Å². The minimum atomic E-state index is -0.584. The molecule has 1 heterocycles. The summed E-state index contributed by atoms with van der Waals surface area (Å²) in [5.74, 6) is 1.38. The third kappa shape index (κ3) is 4.52. The second kappa shape index (κ2) is 9.66. The Labute approximate surface area is 205 Å². The number of ether oxygens (including phenoxy) is 2. The van der Waals surface area contributed by atoms with Crippen molar-refractivity contribution in [2.24, 2.45) is 5.92 Å². The molecule has 6 heteroatoms. The van der Waals surface area contributed by atoms with Crippen molar-refractivity contribution < 1.29 is 19.1 Å². The molecule has 0 fully saturated rings. The Morgan fingerprint density at radius 1 is 0.943 bits per heavy atom. The monoisotopic (exact) mass is 468 g/mol. The standard InChI is InChI=1S/C29H28N2O4/c1-19-16-24-28(26(32)17-19)29(20-12-14-21(34-2)15-13-20)31(25-11-7-6-10-23(25)30-24)27(33)18-35-22-8-4-3-5-9-22/h3-15,19,29-30H,16-18H2,1-2H3/t19-,29+/m0/s1. The molecule has 6 nitrogen and oxygen atoms in total. The predicted octanol–water partition coefficient (Wildman–Crippen LogP) is 5.53. The average Bonchev–Trinajstić information content (AvgIpc) is 3.02. The van der Waals surface area contributed by atoms with E-state index in [0.717, 1.165) is 23.4 Å². The van der Waals surface area contributed by atoms with Crippen LogP contribution in [0.15, 0.2) is 90.1 Å². The van der Waals surface area contributed by atoms with Crippen molar-refractivity contribution in [3.63, 3.8) is 0 Å². The number of hydrogen-bond donors (Lipinski definition) is 1. The molecule has 1 aliphatic heterocycles. The van der Waals surface area contributed by atoms with Crippen LogP contribution in [0.25, 0.3) is 0 Å². The number of nitrogens with zero attached hydrogens (tertiary/aromatic N) is 1. The molecule has 2 atom stereocenters. The van der Waals surface area contributed by atoms with E-state index in [1.807, 2.05) is 78.9 Å². The van der Waals surface area contributed by atoms with Gasteiger partial charge in [-0.25, -0.2) is 0 Å². The first-order chi connectivity index (χ1) is 17.0. The molecule has 0 saturated heterocycles. The highest BCUT2D eigenvalue weighted by atomic mass is 16.5. The Morgan fingerprint density at radius 3 is 2.40 bits per heavy atom. The summed E-state index contributed by atoms with van der Waals surface area (Å²) in [6.07, 6.45) is 1.19. The number of methoxy groups -OCH3 is 1. The number of amides is 1. The summed E-state index contributed by atoms with van der Waals surface area (Å²) >= 11 is 0. The number of allylic oxidation sites excluding steroid dienone is 1. The molecule has 178 valence electrons. The maximum absolute atomic E-state index is 13.9. The second-order valence-electron chi connectivity index (χ2n) is 9.01. The number of para-hydroxylation sites is 3. The van der Waals surface area contributed by atoms with Gasteiger partial charge in [0, 0.05) is 17.7 Å². The number of Topliss-reactive ketones (excluding diaryl/α,β-unsaturated/α-hetero) is 1. The van der Waals surface area contributed by atoms with Crippen LogP contribution < -0.4 is 19.7 Å². The van der Waals surface area contributed by atoms with Crippen LogP contribution in [-0.2, 0) is 9.59 Å². The van der Waals surface area contributed by atoms with Crippen molar-refractivity contribution in [3.05, 3.63) is 95.7 Å². The summed E-state index contributed by atoms with van der Waals surface area (Å²) in [4.78, 5) is 29.1. The molecule has 0 unspecified atom stereocenters. The predicted molar refractivity (Wildman–Crippen MR) is 136 cm³/mol. The zero-order valence-corrected chi connectivity index (χ0v) is 19.9. The molecular weight excluding hydrogens is 440 g/mol. The van der Waals surface area contributed by atoms with Gasteiger partial charge in [0.15, 0.2) is 12.4 Å². The molecule has 0 radical (unpaired) electrons. The lowest BCUT2D eigenvalue weighted by Crippen LogP contribution is -2.41. The Bertz CT molecular complexity index is 1270. The largest absolute Gasteiger partial charge is 0.497 e. The van der Waals surface area contributed by atoms with E-state index in [9.17, 15) is 9.59 Å². The summed E-state index contributed by atoms with van der Waals surface area (Å²) in [7, 11) is 1.62. The van der Waals surface area contributed by atoms with E-state index < -0.39 is 6.04 Å². The first-order valence-electron chi connectivity index (χ1n) is 11.8. The molecule has 0 aromatic heterocycles. The summed E-state index contributed by atoms with van der Waals surface area (Å²) < 4.78 is 11.2. The number of carbonyl (C=O) groups is 2. The molecule has 0 spiro atoms. The number of hydrogen-bond acceptors (Lipinski definition) is 5. The fourth-order valence-electron chi connectivity index (χ4n) is 4.89. The van der Waals surface area contributed by atoms with E-state index in [1.165, 1.54) is 0 Å². The van der Waals surface area contributed by atoms with Crippen LogP contribution in [0.2, 0.25) is 0 Å². The summed E-state index contributed by atoms with van der Waals surface area (Å²) in [6.45, 7) is 1.93. The quantitative estimate of drug-likeness (QED) is 0.534. The summed E-state index contributed by atoms with van der Waals surface area (Å²) in [5, 5.41) is 3.50. The van der Waals surface area contributed by atoms with Crippen LogP contribution in [-0.4, -0.2) is 25.4 Å². The van der Waals surface area contributed by atoms with E-state index in [2.05, 4.69) is 12.2 Å². The van der Waals surface area contributed by atoms with Gasteiger partial charge in [-0.15, -0.1) is 0 Å². The Balaban J connectivity index is 1.64. The SMILES string of the molecule is COc1ccc([C@@H]2C3=C(C[C@H](C)CC3=O)Nc3ccccc3N2C(=O)COc2ccccc2)cc1. The Kier molecular flexibility index (Phi) is 6.27. The number of carbonyl (C=O) groups excluding carboxylic acids is 2. The molecule has 0 saturated carbocycles. The minimum Gasteiger partial charge on any atom is -0.497 e. The molecule has 1 aliphatic carbocycles. The zero-order chi connectivity index (χ0) is 24.4. The Morgan fingerprint density at radius 2 is 1.66 bits per heavy atom. The lowest BCUT2D eigenvalue weighted by molar-refractivity contribution is -0.121.